The summed E-state index contributed by atoms with van der Waals surface area (Å²) >= 11 is 0. The number of sulfonamides is 1. The Labute approximate surface area is 248 Å². The Kier molecular flexibility index (Phi) is 6.03. The van der Waals surface area contributed by atoms with Gasteiger partial charge in [0.2, 0.25) is 10.0 Å². The van der Waals surface area contributed by atoms with Gasteiger partial charge in [-0.25, -0.2) is 13.4 Å². The average molecular weight is 589 g/mol. The quantitative estimate of drug-likeness (QED) is 0.239. The van der Waals surface area contributed by atoms with Crippen LogP contribution in [-0.2, 0) is 10.0 Å². The van der Waals surface area contributed by atoms with E-state index < -0.39 is 10.0 Å². The van der Waals surface area contributed by atoms with Gasteiger partial charge in [0.1, 0.15) is 17.7 Å². The number of benzene rings is 4. The van der Waals surface area contributed by atoms with Gasteiger partial charge in [-0.2, -0.15) is 0 Å². The minimum atomic E-state index is -3.63. The zero-order valence-electron chi connectivity index (χ0n) is 24.0. The summed E-state index contributed by atoms with van der Waals surface area (Å²) in [4.78, 5) is 18.0. The maximum absolute atomic E-state index is 13.3. The van der Waals surface area contributed by atoms with E-state index in [2.05, 4.69) is 27.9 Å². The number of rotatable bonds is 5. The van der Waals surface area contributed by atoms with E-state index in [4.69, 9.17) is 9.40 Å². The van der Waals surface area contributed by atoms with Gasteiger partial charge in [-0.15, -0.1) is 0 Å². The number of para-hydroxylation sites is 1. The highest BCUT2D eigenvalue weighted by Crippen LogP contribution is 2.42. The highest BCUT2D eigenvalue weighted by molar-refractivity contribution is 7.92. The topological polar surface area (TPSA) is 96.9 Å². The molecule has 0 atom stereocenters. The van der Waals surface area contributed by atoms with E-state index in [-0.39, 0.29) is 5.91 Å². The van der Waals surface area contributed by atoms with E-state index in [0.29, 0.717) is 33.5 Å². The molecule has 7 aromatic rings. The number of hydrogen-bond acceptors (Lipinski definition) is 5. The molecule has 0 saturated heterocycles. The molecule has 0 aliphatic rings. The largest absolute Gasteiger partial charge is 0.455 e. The summed E-state index contributed by atoms with van der Waals surface area (Å²) in [6, 6.07) is 27.4. The maximum Gasteiger partial charge on any atom is 0.255 e. The number of nitrogens with zero attached hydrogens (tertiary/aromatic N) is 3. The Morgan fingerprint density at radius 3 is 2.40 bits per heavy atom. The van der Waals surface area contributed by atoms with Crippen LogP contribution >= 0.6 is 0 Å². The second-order valence-corrected chi connectivity index (χ2v) is 12.8. The lowest BCUT2D eigenvalue weighted by atomic mass is 9.97. The number of nitrogens with one attached hydrogen (secondary N) is 1. The van der Waals surface area contributed by atoms with Crippen LogP contribution in [-0.4, -0.2) is 44.1 Å². The van der Waals surface area contributed by atoms with Crippen molar-refractivity contribution in [2.24, 2.45) is 0 Å². The van der Waals surface area contributed by atoms with Crippen LogP contribution in [0.25, 0.3) is 60.7 Å². The first kappa shape index (κ1) is 26.7. The Hall–Kier alpha value is -5.15. The molecule has 9 heteroatoms. The Morgan fingerprint density at radius 2 is 1.65 bits per heavy atom. The summed E-state index contributed by atoms with van der Waals surface area (Å²) in [5, 5.41) is 5.34. The molecule has 0 spiro atoms. The minimum Gasteiger partial charge on any atom is -0.455 e. The summed E-state index contributed by atoms with van der Waals surface area (Å²) in [5.74, 6) is 0.123. The monoisotopic (exact) mass is 588 g/mol. The minimum absolute atomic E-state index is 0.297. The van der Waals surface area contributed by atoms with Gasteiger partial charge in [-0.05, 0) is 42.8 Å². The molecule has 7 rings (SSSR count). The number of aromatic nitrogens is 2. The predicted molar refractivity (Wildman–Crippen MR) is 172 cm³/mol. The highest BCUT2D eigenvalue weighted by Gasteiger charge is 2.26. The van der Waals surface area contributed by atoms with Gasteiger partial charge >= 0.3 is 0 Å². The van der Waals surface area contributed by atoms with Crippen LogP contribution in [0.4, 0.5) is 5.69 Å². The van der Waals surface area contributed by atoms with Crippen LogP contribution in [0.2, 0.25) is 0 Å². The van der Waals surface area contributed by atoms with Crippen LogP contribution in [0.3, 0.4) is 0 Å². The Bertz CT molecular complexity index is 2350. The first-order valence-corrected chi connectivity index (χ1v) is 15.6. The molecule has 1 N–H and O–H groups in total. The molecule has 43 heavy (non-hydrogen) atoms. The number of hydrogen-bond donors (Lipinski definition) is 1. The molecule has 4 aromatic carbocycles. The van der Waals surface area contributed by atoms with Gasteiger partial charge in [0.25, 0.3) is 5.91 Å². The summed E-state index contributed by atoms with van der Waals surface area (Å²) in [5.41, 5.74) is 7.33. The van der Waals surface area contributed by atoms with E-state index in [0.717, 1.165) is 50.3 Å². The zero-order valence-corrected chi connectivity index (χ0v) is 24.9. The number of amides is 1. The molecule has 0 saturated carbocycles. The van der Waals surface area contributed by atoms with Crippen LogP contribution in [0, 0.1) is 6.92 Å². The predicted octanol–water partition coefficient (Wildman–Crippen LogP) is 6.78. The third kappa shape index (κ3) is 4.31. The van der Waals surface area contributed by atoms with Crippen molar-refractivity contribution in [2.75, 3.05) is 24.7 Å². The Morgan fingerprint density at radius 1 is 0.907 bits per heavy atom. The fourth-order valence-electron chi connectivity index (χ4n) is 5.71. The third-order valence-corrected chi connectivity index (χ3v) is 9.25. The summed E-state index contributed by atoms with van der Waals surface area (Å²) in [6.07, 6.45) is 2.99. The lowest BCUT2D eigenvalue weighted by Crippen LogP contribution is -2.25. The number of fused-ring (bicyclic) bond motifs is 6. The molecule has 3 aromatic heterocycles. The van der Waals surface area contributed by atoms with Gasteiger partial charge in [0.15, 0.2) is 0 Å². The van der Waals surface area contributed by atoms with Gasteiger partial charge in [-0.3, -0.25) is 13.5 Å². The lowest BCUT2D eigenvalue weighted by molar-refractivity contribution is 0.0964. The normalized spacial score (nSPS) is 12.0. The van der Waals surface area contributed by atoms with Gasteiger partial charge in [-0.1, -0.05) is 54.1 Å². The lowest BCUT2D eigenvalue weighted by Gasteiger charge is -2.21. The summed E-state index contributed by atoms with van der Waals surface area (Å²) < 4.78 is 35.3. The van der Waals surface area contributed by atoms with Crippen molar-refractivity contribution in [1.82, 2.24) is 14.7 Å². The molecule has 0 bridgehead atoms. The first-order chi connectivity index (χ1) is 20.6. The number of carbonyl (C=O) groups excluding carboxylic acids is 1. The van der Waals surface area contributed by atoms with Crippen molar-refractivity contribution in [1.29, 1.82) is 0 Å². The van der Waals surface area contributed by atoms with E-state index >= 15 is 0 Å². The van der Waals surface area contributed by atoms with E-state index in [1.165, 1.54) is 11.4 Å². The molecule has 0 aliphatic heterocycles. The first-order valence-electron chi connectivity index (χ1n) is 13.8. The third-order valence-electron chi connectivity index (χ3n) is 8.05. The van der Waals surface area contributed by atoms with Gasteiger partial charge < -0.3 is 9.73 Å². The molecule has 214 valence electrons. The van der Waals surface area contributed by atoms with E-state index in [1.807, 2.05) is 73.9 Å². The van der Waals surface area contributed by atoms with E-state index in [9.17, 15) is 13.2 Å². The number of aryl methyl sites for hydroxylation is 1. The number of anilines is 1. The molecular weight excluding hydrogens is 560 g/mol. The van der Waals surface area contributed by atoms with Crippen LogP contribution in [0.5, 0.6) is 0 Å². The number of furan rings is 1. The smallest absolute Gasteiger partial charge is 0.255 e. The van der Waals surface area contributed by atoms with Crippen LogP contribution in [0.1, 0.15) is 15.9 Å². The van der Waals surface area contributed by atoms with Crippen molar-refractivity contribution >= 4 is 59.9 Å². The van der Waals surface area contributed by atoms with E-state index in [1.54, 1.807) is 13.1 Å². The van der Waals surface area contributed by atoms with Crippen molar-refractivity contribution in [3.8, 4) is 22.5 Å². The molecule has 0 aliphatic carbocycles. The second-order valence-electron chi connectivity index (χ2n) is 10.8. The van der Waals surface area contributed by atoms with Crippen molar-refractivity contribution in [3.05, 3.63) is 102 Å². The SMILES string of the molecule is CNC(=O)c1c(-c2ccc(C)cc2)oc2cc(N(C)S(C)(=O)=O)c(-c3ccc4ncn5c6ccccc6cc5c4c3)cc12. The molecule has 0 radical (unpaired) electrons. The van der Waals surface area contributed by atoms with Crippen molar-refractivity contribution in [3.63, 3.8) is 0 Å². The fraction of sp³-hybridized carbons (Fsp3) is 0.118. The van der Waals surface area contributed by atoms with Gasteiger partial charge in [0.05, 0.1) is 34.1 Å². The fourth-order valence-corrected chi connectivity index (χ4v) is 6.22. The second kappa shape index (κ2) is 9.71. The van der Waals surface area contributed by atoms with Crippen LogP contribution < -0.4 is 9.62 Å². The highest BCUT2D eigenvalue weighted by atomic mass is 32.2. The van der Waals surface area contributed by atoms with Crippen molar-refractivity contribution in [2.45, 2.75) is 6.92 Å². The average Bonchev–Trinajstić information content (AvgIpc) is 3.58. The molecular formula is C34H28N4O4S. The number of carbonyl (C=O) groups is 1. The molecule has 0 unspecified atom stereocenters. The molecule has 3 heterocycles. The standard InChI is InChI=1S/C34H28N4O4S/c1-20-9-11-21(12-10-20)33-32(34(39)35-2)26-17-24(29(18-31(26)42-33)37(3)43(4,40)41)22-13-14-27-25(15-22)30-16-23-7-5-6-8-28(23)38(30)19-36-27/h5-19H,1-4H3,(H,35,39). The molecule has 1 amide bonds. The van der Waals surface area contributed by atoms with Crippen molar-refractivity contribution < 1.29 is 17.6 Å². The van der Waals surface area contributed by atoms with Gasteiger partial charge in [0, 0.05) is 47.4 Å². The Balaban J connectivity index is 1.54. The molecule has 0 fully saturated rings. The maximum atomic E-state index is 13.3. The zero-order chi connectivity index (χ0) is 30.0. The molecule has 8 nitrogen and oxygen atoms in total. The summed E-state index contributed by atoms with van der Waals surface area (Å²) in [7, 11) is -0.538. The summed E-state index contributed by atoms with van der Waals surface area (Å²) in [6.45, 7) is 1.99. The van der Waals surface area contributed by atoms with Crippen LogP contribution in [0.15, 0.2) is 95.7 Å².